The first kappa shape index (κ1) is 9.58. The predicted octanol–water partition coefficient (Wildman–Crippen LogP) is 2.46. The van der Waals surface area contributed by atoms with E-state index < -0.39 is 0 Å². The predicted molar refractivity (Wildman–Crippen MR) is 48.0 cm³/mol. The van der Waals surface area contributed by atoms with Crippen LogP contribution in [0.1, 0.15) is 25.2 Å². The van der Waals surface area contributed by atoms with E-state index >= 15 is 0 Å². The number of rotatable bonds is 4. The lowest BCUT2D eigenvalue weighted by Gasteiger charge is -2.11. The van der Waals surface area contributed by atoms with Gasteiger partial charge >= 0.3 is 5.97 Å². The van der Waals surface area contributed by atoms with Gasteiger partial charge in [-0.05, 0) is 12.1 Å². The molecule has 0 aliphatic rings. The highest BCUT2D eigenvalue weighted by Crippen LogP contribution is 2.21. The maximum Gasteiger partial charge on any atom is 0.303 e. The maximum absolute atomic E-state index is 10.7. The first-order valence-corrected chi connectivity index (χ1v) is 4.05. The van der Waals surface area contributed by atoms with Crippen molar-refractivity contribution in [1.29, 1.82) is 0 Å². The van der Waals surface area contributed by atoms with Gasteiger partial charge in [0, 0.05) is 13.3 Å². The Morgan fingerprint density at radius 2 is 2.62 bits per heavy atom. The van der Waals surface area contributed by atoms with Crippen LogP contribution in [0.5, 0.6) is 0 Å². The third kappa shape index (κ3) is 2.78. The van der Waals surface area contributed by atoms with E-state index in [-0.39, 0.29) is 12.1 Å². The number of carbonyl (C=O) groups excluding carboxylic acids is 1. The SMILES string of the molecule is C=CC[C@@H](OC(C)=O)c1ccco1. The fourth-order valence-electron chi connectivity index (χ4n) is 1.05. The molecule has 1 atom stereocenters. The van der Waals surface area contributed by atoms with Crippen molar-refractivity contribution in [3.05, 3.63) is 36.8 Å². The molecule has 0 radical (unpaired) electrons. The molecular weight excluding hydrogens is 168 g/mol. The van der Waals surface area contributed by atoms with E-state index in [1.807, 2.05) is 0 Å². The van der Waals surface area contributed by atoms with Crippen LogP contribution in [0.15, 0.2) is 35.5 Å². The summed E-state index contributed by atoms with van der Waals surface area (Å²) in [6, 6.07) is 3.53. The Balaban J connectivity index is 2.67. The zero-order chi connectivity index (χ0) is 9.68. The van der Waals surface area contributed by atoms with Gasteiger partial charge in [0.15, 0.2) is 6.10 Å². The Kier molecular flexibility index (Phi) is 3.31. The van der Waals surface area contributed by atoms with Crippen LogP contribution in [0.2, 0.25) is 0 Å². The minimum atomic E-state index is -0.343. The van der Waals surface area contributed by atoms with Crippen molar-refractivity contribution in [2.45, 2.75) is 19.4 Å². The standard InChI is InChI=1S/C10H12O3/c1-3-5-10(13-8(2)11)9-6-4-7-12-9/h3-4,6-7,10H,1,5H2,2H3/t10-/m1/s1. The molecule has 0 bridgehead atoms. The summed E-state index contributed by atoms with van der Waals surface area (Å²) >= 11 is 0. The van der Waals surface area contributed by atoms with E-state index in [1.165, 1.54) is 6.92 Å². The zero-order valence-corrected chi connectivity index (χ0v) is 7.53. The highest BCUT2D eigenvalue weighted by molar-refractivity contribution is 5.66. The number of esters is 1. The Labute approximate surface area is 77.0 Å². The quantitative estimate of drug-likeness (QED) is 0.527. The molecule has 0 aliphatic carbocycles. The molecule has 1 aromatic rings. The largest absolute Gasteiger partial charge is 0.465 e. The molecule has 0 saturated heterocycles. The summed E-state index contributed by atoms with van der Waals surface area (Å²) in [6.07, 6.45) is 3.46. The minimum Gasteiger partial charge on any atom is -0.465 e. The lowest BCUT2D eigenvalue weighted by Crippen LogP contribution is -2.06. The molecular formula is C10H12O3. The molecule has 0 aromatic carbocycles. The van der Waals surface area contributed by atoms with Crippen LogP contribution in [0.4, 0.5) is 0 Å². The van der Waals surface area contributed by atoms with Crippen molar-refractivity contribution in [3.63, 3.8) is 0 Å². The van der Waals surface area contributed by atoms with Crippen LogP contribution in [-0.2, 0) is 9.53 Å². The van der Waals surface area contributed by atoms with Gasteiger partial charge in [-0.15, -0.1) is 6.58 Å². The fraction of sp³-hybridized carbons (Fsp3) is 0.300. The molecule has 0 unspecified atom stereocenters. The topological polar surface area (TPSA) is 39.4 Å². The number of hydrogen-bond donors (Lipinski definition) is 0. The van der Waals surface area contributed by atoms with Gasteiger partial charge in [-0.2, -0.15) is 0 Å². The van der Waals surface area contributed by atoms with Gasteiger partial charge in [-0.1, -0.05) is 6.08 Å². The average Bonchev–Trinajstić information content (AvgIpc) is 2.54. The van der Waals surface area contributed by atoms with Crippen molar-refractivity contribution in [1.82, 2.24) is 0 Å². The Hall–Kier alpha value is -1.51. The second-order valence-electron chi connectivity index (χ2n) is 2.64. The van der Waals surface area contributed by atoms with Gasteiger partial charge in [0.25, 0.3) is 0 Å². The number of ether oxygens (including phenoxy) is 1. The van der Waals surface area contributed by atoms with Gasteiger partial charge < -0.3 is 9.15 Å². The second kappa shape index (κ2) is 4.50. The average molecular weight is 180 g/mol. The molecule has 1 rings (SSSR count). The number of hydrogen-bond acceptors (Lipinski definition) is 3. The Morgan fingerprint density at radius 1 is 1.85 bits per heavy atom. The summed E-state index contributed by atoms with van der Waals surface area (Å²) in [5.41, 5.74) is 0. The first-order chi connectivity index (χ1) is 6.24. The normalized spacial score (nSPS) is 12.1. The third-order valence-electron chi connectivity index (χ3n) is 1.55. The summed E-state index contributed by atoms with van der Waals surface area (Å²) in [6.45, 7) is 4.96. The molecule has 0 aliphatic heterocycles. The van der Waals surface area contributed by atoms with Gasteiger partial charge in [0.2, 0.25) is 0 Å². The molecule has 1 aromatic heterocycles. The summed E-state index contributed by atoms with van der Waals surface area (Å²) in [5, 5.41) is 0. The van der Waals surface area contributed by atoms with Crippen LogP contribution >= 0.6 is 0 Å². The van der Waals surface area contributed by atoms with Crippen LogP contribution in [0.3, 0.4) is 0 Å². The molecule has 0 N–H and O–H groups in total. The number of carbonyl (C=O) groups is 1. The molecule has 13 heavy (non-hydrogen) atoms. The first-order valence-electron chi connectivity index (χ1n) is 4.05. The minimum absolute atomic E-state index is 0.316. The summed E-state index contributed by atoms with van der Waals surface area (Å²) in [7, 11) is 0. The van der Waals surface area contributed by atoms with Crippen molar-refractivity contribution < 1.29 is 13.9 Å². The second-order valence-corrected chi connectivity index (χ2v) is 2.64. The van der Waals surface area contributed by atoms with Crippen molar-refractivity contribution in [3.8, 4) is 0 Å². The van der Waals surface area contributed by atoms with Crippen LogP contribution < -0.4 is 0 Å². The van der Waals surface area contributed by atoms with E-state index in [4.69, 9.17) is 9.15 Å². The Bertz CT molecular complexity index is 274. The fourth-order valence-corrected chi connectivity index (χ4v) is 1.05. The van der Waals surface area contributed by atoms with Crippen LogP contribution in [0.25, 0.3) is 0 Å². The molecule has 0 fully saturated rings. The van der Waals surface area contributed by atoms with Crippen molar-refractivity contribution >= 4 is 5.97 Å². The van der Waals surface area contributed by atoms with E-state index in [0.29, 0.717) is 12.2 Å². The highest BCUT2D eigenvalue weighted by atomic mass is 16.5. The lowest BCUT2D eigenvalue weighted by molar-refractivity contribution is -0.147. The van der Waals surface area contributed by atoms with E-state index in [2.05, 4.69) is 6.58 Å². The van der Waals surface area contributed by atoms with Crippen molar-refractivity contribution in [2.24, 2.45) is 0 Å². The highest BCUT2D eigenvalue weighted by Gasteiger charge is 2.15. The number of furan rings is 1. The molecule has 0 amide bonds. The molecule has 70 valence electrons. The van der Waals surface area contributed by atoms with Gasteiger partial charge in [-0.3, -0.25) is 4.79 Å². The van der Waals surface area contributed by atoms with Crippen LogP contribution in [-0.4, -0.2) is 5.97 Å². The summed E-state index contributed by atoms with van der Waals surface area (Å²) in [4.78, 5) is 10.7. The molecule has 1 heterocycles. The zero-order valence-electron chi connectivity index (χ0n) is 7.53. The Morgan fingerprint density at radius 3 is 3.08 bits per heavy atom. The van der Waals surface area contributed by atoms with E-state index in [9.17, 15) is 4.79 Å². The molecule has 0 saturated carbocycles. The molecule has 3 nitrogen and oxygen atoms in total. The van der Waals surface area contributed by atoms with Gasteiger partial charge in [0.1, 0.15) is 5.76 Å². The van der Waals surface area contributed by atoms with Gasteiger partial charge in [-0.25, -0.2) is 0 Å². The third-order valence-corrected chi connectivity index (χ3v) is 1.55. The lowest BCUT2D eigenvalue weighted by atomic mass is 10.2. The van der Waals surface area contributed by atoms with E-state index in [0.717, 1.165) is 0 Å². The summed E-state index contributed by atoms with van der Waals surface area (Å²) < 4.78 is 10.2. The monoisotopic (exact) mass is 180 g/mol. The molecule has 0 spiro atoms. The van der Waals surface area contributed by atoms with Gasteiger partial charge in [0.05, 0.1) is 6.26 Å². The van der Waals surface area contributed by atoms with Crippen LogP contribution in [0, 0.1) is 0 Å². The molecule has 3 heteroatoms. The smallest absolute Gasteiger partial charge is 0.303 e. The summed E-state index contributed by atoms with van der Waals surface area (Å²) in [5.74, 6) is 0.332. The van der Waals surface area contributed by atoms with Crippen molar-refractivity contribution in [2.75, 3.05) is 0 Å². The maximum atomic E-state index is 10.7. The van der Waals surface area contributed by atoms with E-state index in [1.54, 1.807) is 24.5 Å².